The standard InChI is InChI=1S/C35H38N2O2/c1-26(2)36-35(39)33(23-28-13-7-4-8-14-28)37(25-29-21-19-27(3)20-22-29)34(38)24-32(30-15-9-5-10-16-30)31-17-11-6-12-18-31/h4-22,26,32-33H,23-25H2,1-3H3,(H,36,39)/t33-/m0/s1. The molecule has 0 saturated heterocycles. The Morgan fingerprint density at radius 1 is 0.692 bits per heavy atom. The van der Waals surface area contributed by atoms with Crippen molar-refractivity contribution in [1.29, 1.82) is 0 Å². The first kappa shape index (κ1) is 27.8. The van der Waals surface area contributed by atoms with Crippen LogP contribution in [0, 0.1) is 6.92 Å². The molecule has 0 aliphatic heterocycles. The Balaban J connectivity index is 1.73. The average Bonchev–Trinajstić information content (AvgIpc) is 2.95. The highest BCUT2D eigenvalue weighted by atomic mass is 16.2. The molecule has 0 heterocycles. The number of nitrogens with one attached hydrogen (secondary N) is 1. The molecule has 4 aromatic carbocycles. The molecule has 2 amide bonds. The Labute approximate surface area is 232 Å². The quantitative estimate of drug-likeness (QED) is 0.241. The van der Waals surface area contributed by atoms with Crippen LogP contribution in [0.5, 0.6) is 0 Å². The van der Waals surface area contributed by atoms with Gasteiger partial charge in [0.25, 0.3) is 0 Å². The van der Waals surface area contributed by atoms with Gasteiger partial charge < -0.3 is 10.2 Å². The summed E-state index contributed by atoms with van der Waals surface area (Å²) in [6.07, 6.45) is 0.707. The third-order valence-electron chi connectivity index (χ3n) is 6.96. The summed E-state index contributed by atoms with van der Waals surface area (Å²) in [6.45, 7) is 6.30. The van der Waals surface area contributed by atoms with Crippen LogP contribution in [-0.2, 0) is 22.6 Å². The van der Waals surface area contributed by atoms with E-state index in [1.165, 1.54) is 0 Å². The number of nitrogens with zero attached hydrogens (tertiary/aromatic N) is 1. The van der Waals surface area contributed by atoms with Gasteiger partial charge in [0.15, 0.2) is 0 Å². The van der Waals surface area contributed by atoms with Crippen molar-refractivity contribution in [3.63, 3.8) is 0 Å². The minimum atomic E-state index is -0.643. The summed E-state index contributed by atoms with van der Waals surface area (Å²) in [5.74, 6) is -0.302. The number of hydrogen-bond donors (Lipinski definition) is 1. The molecule has 0 saturated carbocycles. The smallest absolute Gasteiger partial charge is 0.243 e. The molecule has 4 nitrogen and oxygen atoms in total. The van der Waals surface area contributed by atoms with Gasteiger partial charge in [-0.25, -0.2) is 0 Å². The third kappa shape index (κ3) is 7.90. The summed E-state index contributed by atoms with van der Waals surface area (Å²) in [7, 11) is 0. The van der Waals surface area contributed by atoms with Gasteiger partial charge in [-0.2, -0.15) is 0 Å². The van der Waals surface area contributed by atoms with Gasteiger partial charge in [-0.05, 0) is 43.0 Å². The fourth-order valence-electron chi connectivity index (χ4n) is 4.92. The molecule has 0 spiro atoms. The molecular weight excluding hydrogens is 480 g/mol. The van der Waals surface area contributed by atoms with Gasteiger partial charge >= 0.3 is 0 Å². The zero-order chi connectivity index (χ0) is 27.6. The number of benzene rings is 4. The average molecular weight is 519 g/mol. The number of carbonyl (C=O) groups excluding carboxylic acids is 2. The first-order valence-corrected chi connectivity index (χ1v) is 13.7. The van der Waals surface area contributed by atoms with Crippen LogP contribution >= 0.6 is 0 Å². The number of rotatable bonds is 11. The van der Waals surface area contributed by atoms with Crippen molar-refractivity contribution in [2.24, 2.45) is 0 Å². The molecule has 0 bridgehead atoms. The lowest BCUT2D eigenvalue weighted by Crippen LogP contribution is -2.52. The SMILES string of the molecule is Cc1ccc(CN(C(=O)CC(c2ccccc2)c2ccccc2)[C@@H](Cc2ccccc2)C(=O)NC(C)C)cc1. The van der Waals surface area contributed by atoms with Crippen LogP contribution in [0.1, 0.15) is 54.0 Å². The molecule has 4 aromatic rings. The highest BCUT2D eigenvalue weighted by Gasteiger charge is 2.32. The second-order valence-corrected chi connectivity index (χ2v) is 10.5. The van der Waals surface area contributed by atoms with E-state index in [0.29, 0.717) is 13.0 Å². The first-order valence-electron chi connectivity index (χ1n) is 13.7. The molecule has 0 aliphatic carbocycles. The maximum Gasteiger partial charge on any atom is 0.243 e. The summed E-state index contributed by atoms with van der Waals surface area (Å²) in [5.41, 5.74) is 5.34. The predicted octanol–water partition coefficient (Wildman–Crippen LogP) is 6.68. The molecule has 1 atom stereocenters. The Morgan fingerprint density at radius 2 is 1.21 bits per heavy atom. The molecule has 1 N–H and O–H groups in total. The van der Waals surface area contributed by atoms with Crippen molar-refractivity contribution >= 4 is 11.8 Å². The van der Waals surface area contributed by atoms with Crippen LogP contribution in [0.4, 0.5) is 0 Å². The number of carbonyl (C=O) groups is 2. The van der Waals surface area contributed by atoms with E-state index in [4.69, 9.17) is 0 Å². The van der Waals surface area contributed by atoms with Crippen molar-refractivity contribution in [2.75, 3.05) is 0 Å². The minimum Gasteiger partial charge on any atom is -0.352 e. The van der Waals surface area contributed by atoms with E-state index in [0.717, 1.165) is 27.8 Å². The molecule has 4 rings (SSSR count). The van der Waals surface area contributed by atoms with Gasteiger partial charge in [-0.1, -0.05) is 121 Å². The van der Waals surface area contributed by atoms with Crippen LogP contribution < -0.4 is 5.32 Å². The second-order valence-electron chi connectivity index (χ2n) is 10.5. The Morgan fingerprint density at radius 3 is 1.72 bits per heavy atom. The van der Waals surface area contributed by atoms with Gasteiger partial charge in [0.1, 0.15) is 6.04 Å². The van der Waals surface area contributed by atoms with Gasteiger partial charge in [0, 0.05) is 31.3 Å². The molecule has 0 aliphatic rings. The number of aryl methyl sites for hydroxylation is 1. The summed E-state index contributed by atoms with van der Waals surface area (Å²) in [5, 5.41) is 3.08. The number of hydrogen-bond acceptors (Lipinski definition) is 2. The summed E-state index contributed by atoms with van der Waals surface area (Å²) >= 11 is 0. The second kappa shape index (κ2) is 13.6. The van der Waals surface area contributed by atoms with E-state index < -0.39 is 6.04 Å². The van der Waals surface area contributed by atoms with Crippen molar-refractivity contribution < 1.29 is 9.59 Å². The van der Waals surface area contributed by atoms with E-state index in [9.17, 15) is 9.59 Å². The molecular formula is C35H38N2O2. The highest BCUT2D eigenvalue weighted by Crippen LogP contribution is 2.30. The lowest BCUT2D eigenvalue weighted by atomic mass is 9.87. The molecule has 0 radical (unpaired) electrons. The largest absolute Gasteiger partial charge is 0.352 e. The lowest BCUT2D eigenvalue weighted by Gasteiger charge is -2.33. The fraction of sp³-hybridized carbons (Fsp3) is 0.257. The van der Waals surface area contributed by atoms with Gasteiger partial charge in [-0.3, -0.25) is 9.59 Å². The maximum atomic E-state index is 14.3. The monoisotopic (exact) mass is 518 g/mol. The van der Waals surface area contributed by atoms with E-state index in [-0.39, 0.29) is 30.2 Å². The van der Waals surface area contributed by atoms with Crippen LogP contribution in [-0.4, -0.2) is 28.8 Å². The zero-order valence-corrected chi connectivity index (χ0v) is 23.1. The third-order valence-corrected chi connectivity index (χ3v) is 6.96. The topological polar surface area (TPSA) is 49.4 Å². The van der Waals surface area contributed by atoms with E-state index in [2.05, 4.69) is 41.7 Å². The van der Waals surface area contributed by atoms with Gasteiger partial charge in [0.2, 0.25) is 11.8 Å². The van der Waals surface area contributed by atoms with Crippen LogP contribution in [0.2, 0.25) is 0 Å². The molecule has 39 heavy (non-hydrogen) atoms. The van der Waals surface area contributed by atoms with Crippen LogP contribution in [0.15, 0.2) is 115 Å². The summed E-state index contributed by atoms with van der Waals surface area (Å²) in [4.78, 5) is 29.8. The van der Waals surface area contributed by atoms with Gasteiger partial charge in [-0.15, -0.1) is 0 Å². The predicted molar refractivity (Wildman–Crippen MR) is 158 cm³/mol. The molecule has 4 heteroatoms. The highest BCUT2D eigenvalue weighted by molar-refractivity contribution is 5.88. The van der Waals surface area contributed by atoms with Crippen molar-refractivity contribution in [2.45, 2.75) is 58.2 Å². The van der Waals surface area contributed by atoms with E-state index in [1.54, 1.807) is 4.90 Å². The van der Waals surface area contributed by atoms with E-state index in [1.807, 2.05) is 99.6 Å². The minimum absolute atomic E-state index is 0.0338. The Hall–Kier alpha value is -4.18. The molecule has 200 valence electrons. The van der Waals surface area contributed by atoms with Crippen LogP contribution in [0.25, 0.3) is 0 Å². The van der Waals surface area contributed by atoms with E-state index >= 15 is 0 Å². The van der Waals surface area contributed by atoms with Crippen molar-refractivity contribution in [1.82, 2.24) is 10.2 Å². The normalized spacial score (nSPS) is 11.8. The lowest BCUT2D eigenvalue weighted by molar-refractivity contribution is -0.141. The summed E-state index contributed by atoms with van der Waals surface area (Å²) < 4.78 is 0. The molecule has 0 unspecified atom stereocenters. The van der Waals surface area contributed by atoms with Crippen molar-refractivity contribution in [3.8, 4) is 0 Å². The Bertz CT molecular complexity index is 1280. The first-order chi connectivity index (χ1) is 18.9. The maximum absolute atomic E-state index is 14.3. The molecule has 0 fully saturated rings. The number of amides is 2. The summed E-state index contributed by atoms with van der Waals surface area (Å²) in [6, 6.07) is 37.7. The molecule has 0 aromatic heterocycles. The van der Waals surface area contributed by atoms with Gasteiger partial charge in [0.05, 0.1) is 0 Å². The Kier molecular flexibility index (Phi) is 9.69. The van der Waals surface area contributed by atoms with Crippen LogP contribution in [0.3, 0.4) is 0 Å². The fourth-order valence-corrected chi connectivity index (χ4v) is 4.92. The van der Waals surface area contributed by atoms with Crippen molar-refractivity contribution in [3.05, 3.63) is 143 Å². The zero-order valence-electron chi connectivity index (χ0n) is 23.1.